The molecule has 1 aromatic heterocycles. The first-order valence-corrected chi connectivity index (χ1v) is 13.1. The molecule has 1 amide bonds. The molecular formula is C30H38N6O3. The van der Waals surface area contributed by atoms with Crippen molar-refractivity contribution in [3.8, 4) is 11.5 Å². The predicted molar refractivity (Wildman–Crippen MR) is 157 cm³/mol. The second kappa shape index (κ2) is 13.4. The van der Waals surface area contributed by atoms with Gasteiger partial charge in [0.05, 0.1) is 32.2 Å². The Morgan fingerprint density at radius 3 is 2.46 bits per heavy atom. The van der Waals surface area contributed by atoms with Crippen LogP contribution < -0.4 is 20.9 Å². The standard InChI is InChI=1S/C27H30N6O3.C3H8/c1-5-22-21(26(28)32-27(29)31-22)13-17-12-18(25(36-4)23(14-17)35-3)10-11-24(34)33-16(2)20-9-7-6-8-19(20)15-30-33;1-3-2/h6-12,14-16H,5,13H2,1-4H3,(H4,28,29,31,32);3H2,1-2H3/b11-10+;. The zero-order valence-corrected chi connectivity index (χ0v) is 23.6. The molecule has 3 aromatic rings. The van der Waals surface area contributed by atoms with E-state index >= 15 is 0 Å². The number of aromatic nitrogens is 2. The molecule has 0 bridgehead atoms. The second-order valence-electron chi connectivity index (χ2n) is 9.12. The summed E-state index contributed by atoms with van der Waals surface area (Å²) in [5.74, 6) is 1.30. The zero-order chi connectivity index (χ0) is 28.5. The minimum atomic E-state index is -0.246. The summed E-state index contributed by atoms with van der Waals surface area (Å²) >= 11 is 0. The molecule has 1 unspecified atom stereocenters. The summed E-state index contributed by atoms with van der Waals surface area (Å²) < 4.78 is 11.2. The molecule has 2 aromatic carbocycles. The number of aryl methyl sites for hydroxylation is 1. The Labute approximate surface area is 230 Å². The van der Waals surface area contributed by atoms with E-state index < -0.39 is 0 Å². The van der Waals surface area contributed by atoms with E-state index in [0.29, 0.717) is 35.7 Å². The van der Waals surface area contributed by atoms with Crippen LogP contribution in [0.15, 0.2) is 47.6 Å². The molecule has 0 saturated heterocycles. The number of nitrogens with zero attached hydrogens (tertiary/aromatic N) is 4. The number of hydrazone groups is 1. The van der Waals surface area contributed by atoms with Gasteiger partial charge in [0, 0.05) is 23.6 Å². The van der Waals surface area contributed by atoms with E-state index in [1.165, 1.54) is 17.5 Å². The van der Waals surface area contributed by atoms with Gasteiger partial charge in [0.25, 0.3) is 5.91 Å². The lowest BCUT2D eigenvalue weighted by molar-refractivity contribution is -0.128. The summed E-state index contributed by atoms with van der Waals surface area (Å²) in [6, 6.07) is 11.5. The minimum absolute atomic E-state index is 0.153. The van der Waals surface area contributed by atoms with Gasteiger partial charge in [-0.3, -0.25) is 4.79 Å². The summed E-state index contributed by atoms with van der Waals surface area (Å²) in [5.41, 5.74) is 17.2. The van der Waals surface area contributed by atoms with Crippen LogP contribution in [0.1, 0.15) is 73.7 Å². The van der Waals surface area contributed by atoms with Crippen LogP contribution >= 0.6 is 0 Å². The summed E-state index contributed by atoms with van der Waals surface area (Å²) in [4.78, 5) is 21.5. The Kier molecular flexibility index (Phi) is 10.0. The molecular weight excluding hydrogens is 492 g/mol. The lowest BCUT2D eigenvalue weighted by atomic mass is 9.99. The highest BCUT2D eigenvalue weighted by molar-refractivity contribution is 5.95. The Morgan fingerprint density at radius 2 is 1.79 bits per heavy atom. The fourth-order valence-corrected chi connectivity index (χ4v) is 4.39. The lowest BCUT2D eigenvalue weighted by Gasteiger charge is -2.28. The summed E-state index contributed by atoms with van der Waals surface area (Å²) in [5, 5.41) is 5.83. The molecule has 0 saturated carbocycles. The SMILES string of the molecule is CCC.CCc1nc(N)nc(N)c1Cc1cc(/C=C/C(=O)N2N=Cc3ccccc3C2C)c(OC)c(OC)c1. The summed E-state index contributed by atoms with van der Waals surface area (Å²) in [7, 11) is 3.13. The van der Waals surface area contributed by atoms with Gasteiger partial charge in [-0.1, -0.05) is 51.5 Å². The summed E-state index contributed by atoms with van der Waals surface area (Å²) in [6.07, 6.45) is 7.28. The number of anilines is 2. The van der Waals surface area contributed by atoms with Gasteiger partial charge in [0.15, 0.2) is 11.5 Å². The predicted octanol–water partition coefficient (Wildman–Crippen LogP) is 5.18. The van der Waals surface area contributed by atoms with Crippen LogP contribution in [0.3, 0.4) is 0 Å². The van der Waals surface area contributed by atoms with Gasteiger partial charge in [0.1, 0.15) is 5.82 Å². The van der Waals surface area contributed by atoms with Crippen molar-refractivity contribution < 1.29 is 14.3 Å². The Hall–Kier alpha value is -4.40. The van der Waals surface area contributed by atoms with E-state index in [0.717, 1.165) is 27.9 Å². The highest BCUT2D eigenvalue weighted by atomic mass is 16.5. The third kappa shape index (κ3) is 6.73. The summed E-state index contributed by atoms with van der Waals surface area (Å²) in [6.45, 7) is 8.19. The molecule has 0 spiro atoms. The number of methoxy groups -OCH3 is 2. The Bertz CT molecular complexity index is 1370. The number of nitrogen functional groups attached to an aromatic ring is 2. The maximum atomic E-state index is 13.1. The molecule has 9 nitrogen and oxygen atoms in total. The zero-order valence-electron chi connectivity index (χ0n) is 23.6. The van der Waals surface area contributed by atoms with E-state index in [9.17, 15) is 4.79 Å². The molecule has 1 atom stereocenters. The first kappa shape index (κ1) is 29.2. The topological polar surface area (TPSA) is 129 Å². The maximum absolute atomic E-state index is 13.1. The van der Waals surface area contributed by atoms with Gasteiger partial charge >= 0.3 is 0 Å². The molecule has 206 valence electrons. The van der Waals surface area contributed by atoms with Crippen molar-refractivity contribution in [3.63, 3.8) is 0 Å². The van der Waals surface area contributed by atoms with Crippen LogP contribution in [0.5, 0.6) is 11.5 Å². The molecule has 9 heteroatoms. The van der Waals surface area contributed by atoms with Crippen molar-refractivity contribution in [2.45, 2.75) is 53.0 Å². The average Bonchev–Trinajstić information content (AvgIpc) is 2.93. The minimum Gasteiger partial charge on any atom is -0.493 e. The number of benzene rings is 2. The number of fused-ring (bicyclic) bond motifs is 1. The van der Waals surface area contributed by atoms with E-state index in [1.54, 1.807) is 26.5 Å². The van der Waals surface area contributed by atoms with Gasteiger partial charge < -0.3 is 20.9 Å². The number of carbonyl (C=O) groups is 1. The largest absolute Gasteiger partial charge is 0.493 e. The lowest BCUT2D eigenvalue weighted by Crippen LogP contribution is -2.30. The highest BCUT2D eigenvalue weighted by Gasteiger charge is 2.24. The number of hydrogen-bond acceptors (Lipinski definition) is 8. The third-order valence-corrected chi connectivity index (χ3v) is 6.19. The van der Waals surface area contributed by atoms with E-state index in [-0.39, 0.29) is 17.9 Å². The Balaban J connectivity index is 0.00000134. The third-order valence-electron chi connectivity index (χ3n) is 6.19. The van der Waals surface area contributed by atoms with E-state index in [2.05, 4.69) is 28.9 Å². The quantitative estimate of drug-likeness (QED) is 0.403. The van der Waals surface area contributed by atoms with Crippen molar-refractivity contribution >= 4 is 30.0 Å². The number of amides is 1. The van der Waals surface area contributed by atoms with Crippen molar-refractivity contribution in [2.24, 2.45) is 5.10 Å². The van der Waals surface area contributed by atoms with Crippen LogP contribution in [0.4, 0.5) is 11.8 Å². The normalized spacial score (nSPS) is 14.0. The molecule has 0 aliphatic carbocycles. The van der Waals surface area contributed by atoms with Crippen LogP contribution in [-0.2, 0) is 17.6 Å². The van der Waals surface area contributed by atoms with Gasteiger partial charge in [-0.15, -0.1) is 0 Å². The molecule has 2 heterocycles. The fraction of sp³-hybridized carbons (Fsp3) is 0.333. The number of carbonyl (C=O) groups excluding carboxylic acids is 1. The first-order valence-electron chi connectivity index (χ1n) is 13.1. The molecule has 0 fully saturated rings. The molecule has 39 heavy (non-hydrogen) atoms. The second-order valence-corrected chi connectivity index (χ2v) is 9.12. The number of nitrogens with two attached hydrogens (primary N) is 2. The Morgan fingerprint density at radius 1 is 1.08 bits per heavy atom. The van der Waals surface area contributed by atoms with Crippen LogP contribution in [0.2, 0.25) is 0 Å². The molecule has 1 aliphatic heterocycles. The van der Waals surface area contributed by atoms with Crippen LogP contribution in [-0.4, -0.2) is 41.3 Å². The van der Waals surface area contributed by atoms with E-state index in [1.807, 2.05) is 50.2 Å². The van der Waals surface area contributed by atoms with Crippen LogP contribution in [0, 0.1) is 0 Å². The van der Waals surface area contributed by atoms with Gasteiger partial charge in [0.2, 0.25) is 5.95 Å². The molecule has 1 aliphatic rings. The van der Waals surface area contributed by atoms with Crippen molar-refractivity contribution in [1.82, 2.24) is 15.0 Å². The van der Waals surface area contributed by atoms with E-state index in [4.69, 9.17) is 20.9 Å². The average molecular weight is 531 g/mol. The van der Waals surface area contributed by atoms with Crippen molar-refractivity contribution in [1.29, 1.82) is 0 Å². The number of rotatable bonds is 7. The maximum Gasteiger partial charge on any atom is 0.267 e. The molecule has 4 N–H and O–H groups in total. The van der Waals surface area contributed by atoms with Gasteiger partial charge in [-0.25, -0.2) is 9.99 Å². The van der Waals surface area contributed by atoms with Crippen LogP contribution in [0.25, 0.3) is 6.08 Å². The number of ether oxygens (including phenoxy) is 2. The monoisotopic (exact) mass is 530 g/mol. The highest BCUT2D eigenvalue weighted by Crippen LogP contribution is 2.35. The van der Waals surface area contributed by atoms with Crippen molar-refractivity contribution in [2.75, 3.05) is 25.7 Å². The van der Waals surface area contributed by atoms with Gasteiger partial charge in [-0.05, 0) is 48.2 Å². The van der Waals surface area contributed by atoms with Gasteiger partial charge in [-0.2, -0.15) is 10.1 Å². The fourth-order valence-electron chi connectivity index (χ4n) is 4.39. The molecule has 4 rings (SSSR count). The molecule has 0 radical (unpaired) electrons. The smallest absolute Gasteiger partial charge is 0.267 e. The number of hydrogen-bond donors (Lipinski definition) is 2. The first-order chi connectivity index (χ1) is 18.8. The van der Waals surface area contributed by atoms with Crippen molar-refractivity contribution in [3.05, 3.63) is 76.0 Å².